The average molecular weight is 224 g/mol. The number of carbonyl (C=O) groups excluding carboxylic acids is 1. The molecule has 1 aliphatic rings. The molecular formula is C10H16N4O2. The Morgan fingerprint density at radius 3 is 3.00 bits per heavy atom. The van der Waals surface area contributed by atoms with Gasteiger partial charge in [0.05, 0.1) is 18.8 Å². The van der Waals surface area contributed by atoms with E-state index in [1.165, 1.54) is 0 Å². The molecule has 2 rings (SSSR count). The normalized spacial score (nSPS) is 16.2. The van der Waals surface area contributed by atoms with E-state index in [1.54, 1.807) is 10.9 Å². The Morgan fingerprint density at radius 2 is 2.44 bits per heavy atom. The number of esters is 1. The molecule has 0 aromatic carbocycles. The highest BCUT2D eigenvalue weighted by atomic mass is 16.5. The molecule has 1 fully saturated rings. The van der Waals surface area contributed by atoms with Crippen molar-refractivity contribution in [3.63, 3.8) is 0 Å². The summed E-state index contributed by atoms with van der Waals surface area (Å²) in [5.74, 6) is -0.0675. The predicted molar refractivity (Wildman–Crippen MR) is 57.0 cm³/mol. The Morgan fingerprint density at radius 1 is 1.69 bits per heavy atom. The van der Waals surface area contributed by atoms with Crippen molar-refractivity contribution in [2.45, 2.75) is 19.9 Å². The van der Waals surface area contributed by atoms with Gasteiger partial charge in [-0.25, -0.2) is 9.48 Å². The minimum Gasteiger partial charge on any atom is -0.461 e. The van der Waals surface area contributed by atoms with E-state index >= 15 is 0 Å². The van der Waals surface area contributed by atoms with Crippen LogP contribution in [0.15, 0.2) is 6.20 Å². The van der Waals surface area contributed by atoms with Crippen molar-refractivity contribution >= 4 is 5.97 Å². The molecule has 1 aromatic rings. The summed E-state index contributed by atoms with van der Waals surface area (Å²) in [6.45, 7) is 6.15. The number of nitrogens with zero attached hydrogens (tertiary/aromatic N) is 3. The molecular weight excluding hydrogens is 208 g/mol. The molecule has 0 unspecified atom stereocenters. The molecule has 0 radical (unpaired) electrons. The third-order valence-corrected chi connectivity index (χ3v) is 2.40. The summed E-state index contributed by atoms with van der Waals surface area (Å²) in [5.41, 5.74) is 0.285. The lowest BCUT2D eigenvalue weighted by Crippen LogP contribution is -2.43. The van der Waals surface area contributed by atoms with Gasteiger partial charge in [-0.15, -0.1) is 5.10 Å². The van der Waals surface area contributed by atoms with E-state index in [2.05, 4.69) is 15.6 Å². The fourth-order valence-electron chi connectivity index (χ4n) is 1.33. The fraction of sp³-hybridized carbons (Fsp3) is 0.700. The monoisotopic (exact) mass is 224 g/mol. The van der Waals surface area contributed by atoms with Crippen LogP contribution in [-0.2, 0) is 4.74 Å². The molecule has 6 heteroatoms. The van der Waals surface area contributed by atoms with Crippen molar-refractivity contribution in [1.82, 2.24) is 20.3 Å². The third kappa shape index (κ3) is 2.38. The Bertz CT molecular complexity index is 371. The van der Waals surface area contributed by atoms with Crippen LogP contribution >= 0.6 is 0 Å². The average Bonchev–Trinajstić information content (AvgIpc) is 2.60. The highest BCUT2D eigenvalue weighted by Gasteiger charge is 2.22. The molecule has 0 spiro atoms. The van der Waals surface area contributed by atoms with Gasteiger partial charge in [0.1, 0.15) is 0 Å². The lowest BCUT2D eigenvalue weighted by atomic mass is 10.2. The van der Waals surface area contributed by atoms with Gasteiger partial charge in [-0.1, -0.05) is 19.1 Å². The van der Waals surface area contributed by atoms with Crippen molar-refractivity contribution < 1.29 is 9.53 Å². The number of ether oxygens (including phenoxy) is 1. The van der Waals surface area contributed by atoms with Crippen LogP contribution in [0.4, 0.5) is 0 Å². The van der Waals surface area contributed by atoms with E-state index in [-0.39, 0.29) is 5.69 Å². The predicted octanol–water partition coefficient (Wildman–Crippen LogP) is 0.235. The first-order valence-corrected chi connectivity index (χ1v) is 5.46. The van der Waals surface area contributed by atoms with Gasteiger partial charge in [-0.3, -0.25) is 0 Å². The van der Waals surface area contributed by atoms with Crippen LogP contribution in [0.3, 0.4) is 0 Å². The quantitative estimate of drug-likeness (QED) is 0.742. The fourth-order valence-corrected chi connectivity index (χ4v) is 1.33. The zero-order chi connectivity index (χ0) is 11.5. The first kappa shape index (κ1) is 11.1. The molecule has 1 N–H and O–H groups in total. The van der Waals surface area contributed by atoms with Crippen molar-refractivity contribution in [3.8, 4) is 0 Å². The Balaban J connectivity index is 1.92. The summed E-state index contributed by atoms with van der Waals surface area (Å²) in [5, 5.41) is 10.9. The maximum Gasteiger partial charge on any atom is 0.360 e. The van der Waals surface area contributed by atoms with Crippen LogP contribution in [0, 0.1) is 5.92 Å². The maximum atomic E-state index is 11.5. The Kier molecular flexibility index (Phi) is 3.19. The molecule has 0 bridgehead atoms. The first-order valence-electron chi connectivity index (χ1n) is 5.46. The number of hydrogen-bond acceptors (Lipinski definition) is 5. The van der Waals surface area contributed by atoms with Crippen LogP contribution < -0.4 is 5.32 Å². The van der Waals surface area contributed by atoms with Gasteiger partial charge in [-0.2, -0.15) is 0 Å². The molecule has 1 aliphatic heterocycles. The topological polar surface area (TPSA) is 69.0 Å². The van der Waals surface area contributed by atoms with Crippen molar-refractivity contribution in [2.75, 3.05) is 19.7 Å². The SMILES string of the molecule is CC(C)COC(=O)c1cn(C2CNC2)nn1. The smallest absolute Gasteiger partial charge is 0.360 e. The van der Waals surface area contributed by atoms with E-state index in [1.807, 2.05) is 13.8 Å². The highest BCUT2D eigenvalue weighted by Crippen LogP contribution is 2.10. The van der Waals surface area contributed by atoms with Gasteiger partial charge in [0.15, 0.2) is 5.69 Å². The van der Waals surface area contributed by atoms with Gasteiger partial charge >= 0.3 is 5.97 Å². The lowest BCUT2D eigenvalue weighted by molar-refractivity contribution is 0.0452. The van der Waals surface area contributed by atoms with Crippen molar-refractivity contribution in [1.29, 1.82) is 0 Å². The molecule has 0 atom stereocenters. The number of rotatable bonds is 4. The number of hydrogen-bond donors (Lipinski definition) is 1. The van der Waals surface area contributed by atoms with E-state index < -0.39 is 5.97 Å². The van der Waals surface area contributed by atoms with Gasteiger partial charge in [0.25, 0.3) is 0 Å². The number of carbonyl (C=O) groups is 1. The minimum absolute atomic E-state index is 0.285. The molecule has 2 heterocycles. The lowest BCUT2D eigenvalue weighted by Gasteiger charge is -2.26. The summed E-state index contributed by atoms with van der Waals surface area (Å²) in [6.07, 6.45) is 1.65. The van der Waals surface area contributed by atoms with Gasteiger partial charge in [0, 0.05) is 13.1 Å². The molecule has 0 saturated carbocycles. The number of aromatic nitrogens is 3. The van der Waals surface area contributed by atoms with Crippen molar-refractivity contribution in [2.24, 2.45) is 5.92 Å². The van der Waals surface area contributed by atoms with Crippen molar-refractivity contribution in [3.05, 3.63) is 11.9 Å². The molecule has 16 heavy (non-hydrogen) atoms. The number of nitrogens with one attached hydrogen (secondary N) is 1. The first-order chi connectivity index (χ1) is 7.66. The van der Waals surface area contributed by atoms with Crippen LogP contribution in [0.25, 0.3) is 0 Å². The van der Waals surface area contributed by atoms with Gasteiger partial charge in [-0.05, 0) is 5.92 Å². The maximum absolute atomic E-state index is 11.5. The molecule has 0 amide bonds. The van der Waals surface area contributed by atoms with Crippen LogP contribution in [0.2, 0.25) is 0 Å². The molecule has 0 aliphatic carbocycles. The third-order valence-electron chi connectivity index (χ3n) is 2.40. The second kappa shape index (κ2) is 4.61. The summed E-state index contributed by atoms with van der Waals surface area (Å²) >= 11 is 0. The molecule has 1 aromatic heterocycles. The summed E-state index contributed by atoms with van der Waals surface area (Å²) < 4.78 is 6.77. The standard InChI is InChI=1S/C10H16N4O2/c1-7(2)6-16-10(15)9-5-14(13-12-9)8-3-11-4-8/h5,7-8,11H,3-4,6H2,1-2H3. The Hall–Kier alpha value is -1.43. The zero-order valence-corrected chi connectivity index (χ0v) is 9.51. The van der Waals surface area contributed by atoms with Crippen LogP contribution in [0.1, 0.15) is 30.4 Å². The Labute approximate surface area is 94.0 Å². The highest BCUT2D eigenvalue weighted by molar-refractivity contribution is 5.86. The summed E-state index contributed by atoms with van der Waals surface area (Å²) in [6, 6.07) is 0.319. The second-order valence-corrected chi connectivity index (χ2v) is 4.39. The molecule has 1 saturated heterocycles. The van der Waals surface area contributed by atoms with E-state index in [9.17, 15) is 4.79 Å². The second-order valence-electron chi connectivity index (χ2n) is 4.39. The summed E-state index contributed by atoms with van der Waals surface area (Å²) in [4.78, 5) is 11.5. The molecule has 6 nitrogen and oxygen atoms in total. The zero-order valence-electron chi connectivity index (χ0n) is 9.51. The van der Waals surface area contributed by atoms with E-state index in [4.69, 9.17) is 4.74 Å². The van der Waals surface area contributed by atoms with Gasteiger partial charge < -0.3 is 10.1 Å². The van der Waals surface area contributed by atoms with Crippen LogP contribution in [-0.4, -0.2) is 40.7 Å². The van der Waals surface area contributed by atoms with E-state index in [0.29, 0.717) is 18.6 Å². The minimum atomic E-state index is -0.396. The van der Waals surface area contributed by atoms with E-state index in [0.717, 1.165) is 13.1 Å². The molecule has 88 valence electrons. The van der Waals surface area contributed by atoms with Gasteiger partial charge in [0.2, 0.25) is 0 Å². The summed E-state index contributed by atoms with van der Waals surface area (Å²) in [7, 11) is 0. The van der Waals surface area contributed by atoms with Crippen LogP contribution in [0.5, 0.6) is 0 Å². The largest absolute Gasteiger partial charge is 0.461 e.